The van der Waals surface area contributed by atoms with E-state index in [1.54, 1.807) is 38.9 Å². The van der Waals surface area contributed by atoms with Crippen LogP contribution in [0.4, 0.5) is 5.69 Å². The van der Waals surface area contributed by atoms with Crippen molar-refractivity contribution in [3.63, 3.8) is 0 Å². The van der Waals surface area contributed by atoms with Crippen LogP contribution in [-0.2, 0) is 4.79 Å². The Balaban J connectivity index is 1.47. The van der Waals surface area contributed by atoms with Gasteiger partial charge in [-0.15, -0.1) is 5.10 Å². The fourth-order valence-corrected chi connectivity index (χ4v) is 4.42. The van der Waals surface area contributed by atoms with E-state index in [-0.39, 0.29) is 24.5 Å². The summed E-state index contributed by atoms with van der Waals surface area (Å²) in [5.74, 6) is 0.515. The quantitative estimate of drug-likeness (QED) is 0.431. The number of carbonyl (C=O) groups is 1. The topological polar surface area (TPSA) is 151 Å². The maximum absolute atomic E-state index is 11.7. The first-order chi connectivity index (χ1) is 17.3. The summed E-state index contributed by atoms with van der Waals surface area (Å²) in [6.45, 7) is 6.41. The molecule has 1 fully saturated rings. The highest BCUT2D eigenvalue weighted by Gasteiger charge is 2.31. The second-order valence-electron chi connectivity index (χ2n) is 9.16. The minimum absolute atomic E-state index is 0.0481. The van der Waals surface area contributed by atoms with Gasteiger partial charge in [0.05, 0.1) is 30.1 Å². The Labute approximate surface area is 207 Å². The SMILES string of the molecule is CC(=O)N1CCC(n2cc(-c3cnc(-n4ncc5cc(C#N)cnc54)cc3NC(C)C)nn2)[C@H](O)C1. The van der Waals surface area contributed by atoms with Crippen LogP contribution in [0, 0.1) is 11.3 Å². The summed E-state index contributed by atoms with van der Waals surface area (Å²) in [5.41, 5.74) is 3.23. The highest BCUT2D eigenvalue weighted by atomic mass is 16.3. The molecule has 1 saturated heterocycles. The van der Waals surface area contributed by atoms with Crippen LogP contribution in [0.15, 0.2) is 36.9 Å². The van der Waals surface area contributed by atoms with Gasteiger partial charge in [-0.3, -0.25) is 4.79 Å². The first-order valence-electron chi connectivity index (χ1n) is 11.7. The fraction of sp³-hybridized carbons (Fsp3) is 0.375. The molecule has 4 aromatic rings. The first kappa shape index (κ1) is 23.4. The number of β-amino-alcohol motifs (C(OH)–C–C–N with tert-alkyl or cyclic N) is 1. The lowest BCUT2D eigenvalue weighted by Crippen LogP contribution is -2.46. The lowest BCUT2D eigenvalue weighted by atomic mass is 10.0. The van der Waals surface area contributed by atoms with Gasteiger partial charge in [-0.2, -0.15) is 15.0 Å². The Morgan fingerprint density at radius 3 is 2.81 bits per heavy atom. The third-order valence-electron chi connectivity index (χ3n) is 6.21. The molecule has 12 heteroatoms. The number of rotatable bonds is 5. The Morgan fingerprint density at radius 2 is 2.08 bits per heavy atom. The van der Waals surface area contributed by atoms with Crippen LogP contribution in [0.3, 0.4) is 0 Å². The normalized spacial score (nSPS) is 17.9. The van der Waals surface area contributed by atoms with Crippen molar-refractivity contribution in [1.82, 2.24) is 39.6 Å². The van der Waals surface area contributed by atoms with Gasteiger partial charge in [-0.25, -0.2) is 14.6 Å². The molecule has 1 aliphatic rings. The van der Waals surface area contributed by atoms with E-state index in [0.29, 0.717) is 35.7 Å². The van der Waals surface area contributed by atoms with E-state index in [2.05, 4.69) is 36.8 Å². The Kier molecular flexibility index (Phi) is 6.07. The standard InChI is InChI=1S/C24H26N10O2/c1-14(2)29-19-7-23(34-24-17(10-28-34)6-16(8-25)9-27-24)26-11-18(19)20-12-33(31-30-20)21-4-5-32(15(3)35)13-22(21)36/h6-7,9-12,14,21-22,36H,4-5,13H2,1-3H3,(H,26,29)/t21?,22-/m1/s1. The maximum Gasteiger partial charge on any atom is 0.219 e. The molecule has 5 heterocycles. The number of aromatic nitrogens is 7. The summed E-state index contributed by atoms with van der Waals surface area (Å²) in [4.78, 5) is 22.3. The van der Waals surface area contributed by atoms with Crippen molar-refractivity contribution in [1.29, 1.82) is 5.26 Å². The molecule has 184 valence electrons. The third kappa shape index (κ3) is 4.36. The molecule has 1 aliphatic heterocycles. The summed E-state index contributed by atoms with van der Waals surface area (Å²) in [6.07, 6.45) is 6.53. The van der Waals surface area contributed by atoms with Gasteiger partial charge in [0.15, 0.2) is 11.5 Å². The average Bonchev–Trinajstić information content (AvgIpc) is 3.50. The van der Waals surface area contributed by atoms with Crippen molar-refractivity contribution in [3.8, 4) is 23.1 Å². The van der Waals surface area contributed by atoms with Crippen molar-refractivity contribution in [2.75, 3.05) is 18.4 Å². The predicted octanol–water partition coefficient (Wildman–Crippen LogP) is 1.92. The zero-order valence-electron chi connectivity index (χ0n) is 20.2. The molecule has 0 aliphatic carbocycles. The molecule has 0 radical (unpaired) electrons. The Morgan fingerprint density at radius 1 is 1.25 bits per heavy atom. The monoisotopic (exact) mass is 486 g/mol. The average molecular weight is 487 g/mol. The van der Waals surface area contributed by atoms with E-state index in [4.69, 9.17) is 5.26 Å². The van der Waals surface area contributed by atoms with Crippen molar-refractivity contribution in [2.24, 2.45) is 0 Å². The molecule has 0 bridgehead atoms. The molecule has 4 aromatic heterocycles. The van der Waals surface area contributed by atoms with Gasteiger partial charge in [-0.1, -0.05) is 5.21 Å². The van der Waals surface area contributed by atoms with Gasteiger partial charge in [-0.05, 0) is 26.3 Å². The number of nitrogens with zero attached hydrogens (tertiary/aromatic N) is 9. The van der Waals surface area contributed by atoms with Crippen molar-refractivity contribution < 1.29 is 9.90 Å². The predicted molar refractivity (Wildman–Crippen MR) is 131 cm³/mol. The molecule has 2 atom stereocenters. The van der Waals surface area contributed by atoms with E-state index in [9.17, 15) is 9.90 Å². The first-order valence-corrected chi connectivity index (χ1v) is 11.7. The zero-order valence-corrected chi connectivity index (χ0v) is 20.2. The Bertz CT molecular complexity index is 1470. The molecule has 36 heavy (non-hydrogen) atoms. The summed E-state index contributed by atoms with van der Waals surface area (Å²) >= 11 is 0. The number of hydrogen-bond acceptors (Lipinski definition) is 9. The van der Waals surface area contributed by atoms with Crippen LogP contribution in [0.1, 0.15) is 38.8 Å². The Hall–Kier alpha value is -4.37. The highest BCUT2D eigenvalue weighted by molar-refractivity contribution is 5.79. The number of likely N-dealkylation sites (tertiary alicyclic amines) is 1. The summed E-state index contributed by atoms with van der Waals surface area (Å²) in [5, 5.41) is 37.0. The lowest BCUT2D eigenvalue weighted by molar-refractivity contribution is -0.133. The second kappa shape index (κ2) is 9.35. The number of amides is 1. The summed E-state index contributed by atoms with van der Waals surface area (Å²) < 4.78 is 3.30. The number of piperidine rings is 1. The number of hydrogen-bond donors (Lipinski definition) is 2. The molecular weight excluding hydrogens is 460 g/mol. The van der Waals surface area contributed by atoms with E-state index >= 15 is 0 Å². The van der Waals surface area contributed by atoms with Gasteiger partial charge in [0, 0.05) is 61.2 Å². The molecule has 1 amide bonds. The van der Waals surface area contributed by atoms with Gasteiger partial charge >= 0.3 is 0 Å². The van der Waals surface area contributed by atoms with Crippen molar-refractivity contribution in [2.45, 2.75) is 45.4 Å². The number of anilines is 1. The largest absolute Gasteiger partial charge is 0.389 e. The molecule has 0 spiro atoms. The summed E-state index contributed by atoms with van der Waals surface area (Å²) in [7, 11) is 0. The van der Waals surface area contributed by atoms with Gasteiger partial charge in [0.1, 0.15) is 11.8 Å². The smallest absolute Gasteiger partial charge is 0.219 e. The molecule has 0 saturated carbocycles. The fourth-order valence-electron chi connectivity index (χ4n) is 4.42. The molecular formula is C24H26N10O2. The summed E-state index contributed by atoms with van der Waals surface area (Å²) in [6, 6.07) is 5.57. The minimum Gasteiger partial charge on any atom is -0.389 e. The van der Waals surface area contributed by atoms with Crippen LogP contribution < -0.4 is 5.32 Å². The molecule has 5 rings (SSSR count). The number of aliphatic hydroxyl groups excluding tert-OH is 1. The van der Waals surface area contributed by atoms with Crippen LogP contribution in [0.5, 0.6) is 0 Å². The second-order valence-corrected chi connectivity index (χ2v) is 9.16. The van der Waals surface area contributed by atoms with Gasteiger partial charge < -0.3 is 15.3 Å². The maximum atomic E-state index is 11.7. The van der Waals surface area contributed by atoms with E-state index in [1.165, 1.54) is 13.1 Å². The lowest BCUT2D eigenvalue weighted by Gasteiger charge is -2.35. The van der Waals surface area contributed by atoms with Crippen LogP contribution in [-0.4, -0.2) is 75.9 Å². The molecule has 2 N–H and O–H groups in total. The number of nitriles is 1. The highest BCUT2D eigenvalue weighted by Crippen LogP contribution is 2.30. The number of aliphatic hydroxyl groups is 1. The molecule has 12 nitrogen and oxygen atoms in total. The van der Waals surface area contributed by atoms with E-state index in [0.717, 1.165) is 16.6 Å². The van der Waals surface area contributed by atoms with Crippen molar-refractivity contribution in [3.05, 3.63) is 42.5 Å². The zero-order chi connectivity index (χ0) is 25.4. The molecule has 1 unspecified atom stereocenters. The van der Waals surface area contributed by atoms with E-state index < -0.39 is 6.10 Å². The number of nitrogens with one attached hydrogen (secondary N) is 1. The molecule has 0 aromatic carbocycles. The van der Waals surface area contributed by atoms with Crippen LogP contribution in [0.2, 0.25) is 0 Å². The third-order valence-corrected chi connectivity index (χ3v) is 6.21. The number of fused-ring (bicyclic) bond motifs is 1. The number of carbonyl (C=O) groups excluding carboxylic acids is 1. The van der Waals surface area contributed by atoms with Crippen LogP contribution >= 0.6 is 0 Å². The van der Waals surface area contributed by atoms with Crippen LogP contribution in [0.25, 0.3) is 28.1 Å². The van der Waals surface area contributed by atoms with E-state index in [1.807, 2.05) is 19.9 Å². The van der Waals surface area contributed by atoms with Crippen molar-refractivity contribution >= 4 is 22.6 Å². The van der Waals surface area contributed by atoms with Gasteiger partial charge in [0.25, 0.3) is 0 Å². The van der Waals surface area contributed by atoms with Gasteiger partial charge in [0.2, 0.25) is 5.91 Å². The number of pyridine rings is 2. The minimum atomic E-state index is -0.729.